The number of rotatable bonds is 0. The molecule has 0 aromatic rings. The minimum Gasteiger partial charge on any atom is -0.388 e. The highest BCUT2D eigenvalue weighted by Crippen LogP contribution is 2.07. The number of alkyl halides is 1. The topological polar surface area (TPSA) is 29.5 Å². The molecular formula is C4H7FO2. The molecule has 0 bridgehead atoms. The van der Waals surface area contributed by atoms with Crippen molar-refractivity contribution in [2.75, 3.05) is 13.2 Å². The summed E-state index contributed by atoms with van der Waals surface area (Å²) in [6, 6.07) is 0. The molecule has 1 aliphatic rings. The number of aliphatic hydroxyl groups excluding tert-OH is 1. The first-order chi connectivity index (χ1) is 3.30. The minimum absolute atomic E-state index is 0.0567. The standard InChI is InChI=1S/C4H7FO2/c5-3-1-7-2-4(3)6/h3-4,6H,1-2H2/t3-,4-/m0/s1. The number of hydrogen-bond acceptors (Lipinski definition) is 2. The smallest absolute Gasteiger partial charge is 0.151 e. The van der Waals surface area contributed by atoms with E-state index in [9.17, 15) is 4.39 Å². The van der Waals surface area contributed by atoms with E-state index in [1.54, 1.807) is 0 Å². The van der Waals surface area contributed by atoms with Gasteiger partial charge in [-0.25, -0.2) is 4.39 Å². The third-order valence-corrected chi connectivity index (χ3v) is 0.983. The van der Waals surface area contributed by atoms with Crippen LogP contribution in [0.3, 0.4) is 0 Å². The maximum Gasteiger partial charge on any atom is 0.151 e. The summed E-state index contributed by atoms with van der Waals surface area (Å²) in [5.41, 5.74) is 0. The third-order valence-electron chi connectivity index (χ3n) is 0.983. The van der Waals surface area contributed by atoms with Crippen LogP contribution in [0.25, 0.3) is 0 Å². The van der Waals surface area contributed by atoms with Gasteiger partial charge < -0.3 is 9.84 Å². The largest absolute Gasteiger partial charge is 0.388 e. The predicted molar refractivity (Wildman–Crippen MR) is 21.7 cm³/mol. The van der Waals surface area contributed by atoms with Gasteiger partial charge in [0.15, 0.2) is 6.17 Å². The van der Waals surface area contributed by atoms with Crippen molar-refractivity contribution in [1.29, 1.82) is 0 Å². The van der Waals surface area contributed by atoms with Gasteiger partial charge in [0.1, 0.15) is 6.10 Å². The van der Waals surface area contributed by atoms with Crippen LogP contribution in [0, 0.1) is 0 Å². The van der Waals surface area contributed by atoms with Crippen LogP contribution in [0.1, 0.15) is 0 Å². The van der Waals surface area contributed by atoms with Gasteiger partial charge in [-0.15, -0.1) is 0 Å². The molecule has 3 heteroatoms. The van der Waals surface area contributed by atoms with Crippen LogP contribution in [0.15, 0.2) is 0 Å². The molecular weight excluding hydrogens is 99.0 g/mol. The van der Waals surface area contributed by atoms with Crippen molar-refractivity contribution in [1.82, 2.24) is 0 Å². The Kier molecular flexibility index (Phi) is 1.25. The lowest BCUT2D eigenvalue weighted by atomic mass is 10.3. The van der Waals surface area contributed by atoms with Gasteiger partial charge in [-0.2, -0.15) is 0 Å². The Balaban J connectivity index is 2.33. The molecule has 0 aliphatic carbocycles. The molecule has 1 fully saturated rings. The van der Waals surface area contributed by atoms with Crippen molar-refractivity contribution >= 4 is 0 Å². The van der Waals surface area contributed by atoms with E-state index in [0.29, 0.717) is 0 Å². The zero-order chi connectivity index (χ0) is 5.28. The van der Waals surface area contributed by atoms with E-state index in [-0.39, 0.29) is 13.2 Å². The lowest BCUT2D eigenvalue weighted by Gasteiger charge is -1.97. The van der Waals surface area contributed by atoms with E-state index in [4.69, 9.17) is 5.11 Å². The fourth-order valence-corrected chi connectivity index (χ4v) is 0.517. The Morgan fingerprint density at radius 2 is 2.29 bits per heavy atom. The Morgan fingerprint density at radius 3 is 2.43 bits per heavy atom. The third kappa shape index (κ3) is 0.894. The molecule has 2 nitrogen and oxygen atoms in total. The summed E-state index contributed by atoms with van der Waals surface area (Å²) in [6.45, 7) is 0.211. The summed E-state index contributed by atoms with van der Waals surface area (Å²) in [4.78, 5) is 0. The molecule has 0 aromatic carbocycles. The second kappa shape index (κ2) is 1.76. The molecule has 1 heterocycles. The highest BCUT2D eigenvalue weighted by molar-refractivity contribution is 4.71. The molecule has 1 rings (SSSR count). The van der Waals surface area contributed by atoms with Gasteiger partial charge in [0.05, 0.1) is 13.2 Å². The van der Waals surface area contributed by atoms with Crippen molar-refractivity contribution in [3.05, 3.63) is 0 Å². The molecule has 2 atom stereocenters. The first-order valence-electron chi connectivity index (χ1n) is 2.20. The van der Waals surface area contributed by atoms with Crippen molar-refractivity contribution in [2.24, 2.45) is 0 Å². The average Bonchev–Trinajstić information content (AvgIpc) is 1.91. The van der Waals surface area contributed by atoms with E-state index < -0.39 is 12.3 Å². The van der Waals surface area contributed by atoms with E-state index in [1.165, 1.54) is 0 Å². The Bertz CT molecular complexity index is 58.7. The zero-order valence-corrected chi connectivity index (χ0v) is 3.80. The van der Waals surface area contributed by atoms with Crippen LogP contribution in [-0.4, -0.2) is 30.6 Å². The van der Waals surface area contributed by atoms with Crippen LogP contribution < -0.4 is 0 Å². The maximum absolute atomic E-state index is 11.9. The molecule has 0 amide bonds. The highest BCUT2D eigenvalue weighted by atomic mass is 19.1. The molecule has 0 saturated carbocycles. The van der Waals surface area contributed by atoms with Crippen LogP contribution in [0.2, 0.25) is 0 Å². The van der Waals surface area contributed by atoms with Crippen molar-refractivity contribution in [3.8, 4) is 0 Å². The fourth-order valence-electron chi connectivity index (χ4n) is 0.517. The van der Waals surface area contributed by atoms with Gasteiger partial charge in [0, 0.05) is 0 Å². The normalized spacial score (nSPS) is 42.0. The molecule has 1 N–H and O–H groups in total. The average molecular weight is 106 g/mol. The summed E-state index contributed by atoms with van der Waals surface area (Å²) in [6.07, 6.45) is -2.03. The maximum atomic E-state index is 11.9. The number of halogens is 1. The van der Waals surface area contributed by atoms with Crippen LogP contribution in [0.5, 0.6) is 0 Å². The summed E-state index contributed by atoms with van der Waals surface area (Å²) >= 11 is 0. The van der Waals surface area contributed by atoms with Crippen LogP contribution in [-0.2, 0) is 4.74 Å². The zero-order valence-electron chi connectivity index (χ0n) is 3.80. The molecule has 42 valence electrons. The molecule has 0 radical (unpaired) electrons. The van der Waals surface area contributed by atoms with Crippen molar-refractivity contribution < 1.29 is 14.2 Å². The monoisotopic (exact) mass is 106 g/mol. The van der Waals surface area contributed by atoms with E-state index in [0.717, 1.165) is 0 Å². The quantitative estimate of drug-likeness (QED) is 0.460. The predicted octanol–water partition coefficient (Wildman–Crippen LogP) is -0.284. The first-order valence-corrected chi connectivity index (χ1v) is 2.20. The highest BCUT2D eigenvalue weighted by Gasteiger charge is 2.24. The van der Waals surface area contributed by atoms with Crippen LogP contribution >= 0.6 is 0 Å². The lowest BCUT2D eigenvalue weighted by molar-refractivity contribution is 0.107. The summed E-state index contributed by atoms with van der Waals surface area (Å²) in [7, 11) is 0. The molecule has 0 unspecified atom stereocenters. The summed E-state index contributed by atoms with van der Waals surface area (Å²) in [5.74, 6) is 0. The minimum atomic E-state index is -1.15. The van der Waals surface area contributed by atoms with E-state index in [2.05, 4.69) is 4.74 Å². The SMILES string of the molecule is O[C@H]1COC[C@@H]1F. The van der Waals surface area contributed by atoms with Gasteiger partial charge >= 0.3 is 0 Å². The van der Waals surface area contributed by atoms with Gasteiger partial charge in [-0.05, 0) is 0 Å². The van der Waals surface area contributed by atoms with Crippen LogP contribution in [0.4, 0.5) is 4.39 Å². The number of aliphatic hydroxyl groups is 1. The van der Waals surface area contributed by atoms with Crippen molar-refractivity contribution in [3.63, 3.8) is 0 Å². The second-order valence-electron chi connectivity index (χ2n) is 1.62. The Hall–Kier alpha value is -0.150. The Labute approximate surface area is 40.9 Å². The van der Waals surface area contributed by atoms with Gasteiger partial charge in [-0.3, -0.25) is 0 Å². The first kappa shape index (κ1) is 5.00. The molecule has 0 aromatic heterocycles. The molecule has 0 spiro atoms. The summed E-state index contributed by atoms with van der Waals surface area (Å²) in [5, 5.41) is 8.50. The van der Waals surface area contributed by atoms with Gasteiger partial charge in [0.2, 0.25) is 0 Å². The van der Waals surface area contributed by atoms with Crippen molar-refractivity contribution in [2.45, 2.75) is 12.3 Å². The Morgan fingerprint density at radius 1 is 1.57 bits per heavy atom. The molecule has 1 aliphatic heterocycles. The molecule has 1 saturated heterocycles. The second-order valence-corrected chi connectivity index (χ2v) is 1.62. The fraction of sp³-hybridized carbons (Fsp3) is 1.00. The molecule has 7 heavy (non-hydrogen) atoms. The van der Waals surface area contributed by atoms with E-state index >= 15 is 0 Å². The number of ether oxygens (including phenoxy) is 1. The summed E-state index contributed by atoms with van der Waals surface area (Å²) < 4.78 is 16.5. The number of hydrogen-bond donors (Lipinski definition) is 1. The van der Waals surface area contributed by atoms with Gasteiger partial charge in [0.25, 0.3) is 0 Å². The van der Waals surface area contributed by atoms with Gasteiger partial charge in [-0.1, -0.05) is 0 Å². The van der Waals surface area contributed by atoms with E-state index in [1.807, 2.05) is 0 Å². The lowest BCUT2D eigenvalue weighted by Crippen LogP contribution is -2.17.